The molecule has 1 aromatic rings. The zero-order chi connectivity index (χ0) is 12.8. The SMILES string of the molecule is CCn1ncc(Cl)c1C(CCC(C)OC)NN. The lowest BCUT2D eigenvalue weighted by atomic mass is 10.1. The number of rotatable bonds is 7. The summed E-state index contributed by atoms with van der Waals surface area (Å²) in [6.45, 7) is 4.84. The van der Waals surface area contributed by atoms with Crippen molar-refractivity contribution < 1.29 is 4.74 Å². The minimum Gasteiger partial charge on any atom is -0.382 e. The molecule has 98 valence electrons. The average Bonchev–Trinajstić information content (AvgIpc) is 2.71. The predicted molar refractivity (Wildman–Crippen MR) is 68.7 cm³/mol. The lowest BCUT2D eigenvalue weighted by molar-refractivity contribution is 0.105. The fourth-order valence-electron chi connectivity index (χ4n) is 1.79. The normalized spacial score (nSPS) is 14.9. The molecule has 0 aliphatic heterocycles. The first-order valence-corrected chi connectivity index (χ1v) is 6.21. The number of hydrogen-bond acceptors (Lipinski definition) is 4. The van der Waals surface area contributed by atoms with Crippen LogP contribution in [-0.2, 0) is 11.3 Å². The van der Waals surface area contributed by atoms with Gasteiger partial charge in [-0.2, -0.15) is 5.10 Å². The van der Waals surface area contributed by atoms with Crippen LogP contribution in [-0.4, -0.2) is 23.0 Å². The predicted octanol–water partition coefficient (Wildman–Crippen LogP) is 1.88. The molecule has 0 aromatic carbocycles. The van der Waals surface area contributed by atoms with Gasteiger partial charge in [0.1, 0.15) is 0 Å². The first kappa shape index (κ1) is 14.4. The monoisotopic (exact) mass is 260 g/mol. The van der Waals surface area contributed by atoms with Crippen LogP contribution < -0.4 is 11.3 Å². The van der Waals surface area contributed by atoms with E-state index in [1.807, 2.05) is 18.5 Å². The fraction of sp³-hybridized carbons (Fsp3) is 0.727. The molecule has 0 radical (unpaired) electrons. The molecule has 0 amide bonds. The molecule has 0 aliphatic rings. The highest BCUT2D eigenvalue weighted by Crippen LogP contribution is 2.26. The van der Waals surface area contributed by atoms with E-state index < -0.39 is 0 Å². The molecule has 2 atom stereocenters. The molecule has 0 aliphatic carbocycles. The minimum absolute atomic E-state index is 0.00236. The van der Waals surface area contributed by atoms with Crippen molar-refractivity contribution in [2.45, 2.75) is 45.4 Å². The molecule has 17 heavy (non-hydrogen) atoms. The maximum Gasteiger partial charge on any atom is 0.0834 e. The molecule has 0 bridgehead atoms. The summed E-state index contributed by atoms with van der Waals surface area (Å²) in [5, 5.41) is 4.86. The van der Waals surface area contributed by atoms with Crippen LogP contribution in [0.25, 0.3) is 0 Å². The van der Waals surface area contributed by atoms with Crippen molar-refractivity contribution in [1.29, 1.82) is 0 Å². The molecule has 1 aromatic heterocycles. The second kappa shape index (κ2) is 6.96. The van der Waals surface area contributed by atoms with E-state index in [1.54, 1.807) is 13.3 Å². The Labute approximate surface area is 107 Å². The Morgan fingerprint density at radius 1 is 1.59 bits per heavy atom. The maximum absolute atomic E-state index is 6.14. The lowest BCUT2D eigenvalue weighted by Crippen LogP contribution is -2.30. The van der Waals surface area contributed by atoms with Gasteiger partial charge in [-0.05, 0) is 26.7 Å². The van der Waals surface area contributed by atoms with E-state index in [0.717, 1.165) is 25.1 Å². The maximum atomic E-state index is 6.14. The summed E-state index contributed by atoms with van der Waals surface area (Å²) < 4.78 is 7.09. The number of nitrogens with two attached hydrogens (primary N) is 1. The third-order valence-corrected chi connectivity index (χ3v) is 3.22. The molecule has 1 rings (SSSR count). The third kappa shape index (κ3) is 3.67. The number of methoxy groups -OCH3 is 1. The third-order valence-electron chi connectivity index (χ3n) is 2.93. The van der Waals surface area contributed by atoms with Crippen LogP contribution >= 0.6 is 11.6 Å². The Kier molecular flexibility index (Phi) is 5.91. The smallest absolute Gasteiger partial charge is 0.0834 e. The van der Waals surface area contributed by atoms with Crippen LogP contribution in [0.2, 0.25) is 5.02 Å². The summed E-state index contributed by atoms with van der Waals surface area (Å²) in [4.78, 5) is 0. The van der Waals surface area contributed by atoms with Gasteiger partial charge in [-0.1, -0.05) is 11.6 Å². The molecule has 0 saturated carbocycles. The van der Waals surface area contributed by atoms with Gasteiger partial charge >= 0.3 is 0 Å². The van der Waals surface area contributed by atoms with Gasteiger partial charge in [0.2, 0.25) is 0 Å². The quantitative estimate of drug-likeness (QED) is 0.580. The van der Waals surface area contributed by atoms with Gasteiger partial charge in [-0.3, -0.25) is 16.0 Å². The molecule has 0 fully saturated rings. The molecule has 1 heterocycles. The number of hydrazine groups is 1. The summed E-state index contributed by atoms with van der Waals surface area (Å²) in [6, 6.07) is 0.00236. The van der Waals surface area contributed by atoms with Crippen LogP contribution in [0.15, 0.2) is 6.20 Å². The number of aryl methyl sites for hydroxylation is 1. The molecular weight excluding hydrogens is 240 g/mol. The van der Waals surface area contributed by atoms with Gasteiger partial charge in [0.15, 0.2) is 0 Å². The van der Waals surface area contributed by atoms with E-state index in [2.05, 4.69) is 10.5 Å². The van der Waals surface area contributed by atoms with E-state index in [4.69, 9.17) is 22.2 Å². The minimum atomic E-state index is 0.00236. The Balaban J connectivity index is 2.75. The second-order valence-corrected chi connectivity index (χ2v) is 4.44. The van der Waals surface area contributed by atoms with Crippen molar-refractivity contribution in [1.82, 2.24) is 15.2 Å². The zero-order valence-corrected chi connectivity index (χ0v) is 11.4. The van der Waals surface area contributed by atoms with Gasteiger partial charge in [0, 0.05) is 13.7 Å². The highest BCUT2D eigenvalue weighted by atomic mass is 35.5. The standard InChI is InChI=1S/C11H21ClN4O/c1-4-16-11(9(12)7-14-16)10(15-13)6-5-8(2)17-3/h7-8,10,15H,4-6,13H2,1-3H3. The molecule has 0 saturated heterocycles. The summed E-state index contributed by atoms with van der Waals surface area (Å²) in [7, 11) is 1.71. The zero-order valence-electron chi connectivity index (χ0n) is 10.6. The highest BCUT2D eigenvalue weighted by Gasteiger charge is 2.19. The highest BCUT2D eigenvalue weighted by molar-refractivity contribution is 6.31. The Bertz CT molecular complexity index is 342. The van der Waals surface area contributed by atoms with E-state index >= 15 is 0 Å². The van der Waals surface area contributed by atoms with Crippen LogP contribution in [0.1, 0.15) is 38.4 Å². The van der Waals surface area contributed by atoms with Crippen molar-refractivity contribution in [3.63, 3.8) is 0 Å². The largest absolute Gasteiger partial charge is 0.382 e. The van der Waals surface area contributed by atoms with Crippen molar-refractivity contribution in [2.24, 2.45) is 5.84 Å². The Morgan fingerprint density at radius 2 is 2.29 bits per heavy atom. The summed E-state index contributed by atoms with van der Waals surface area (Å²) in [5.41, 5.74) is 3.74. The topological polar surface area (TPSA) is 65.1 Å². The first-order valence-electron chi connectivity index (χ1n) is 5.84. The number of ether oxygens (including phenoxy) is 1. The van der Waals surface area contributed by atoms with E-state index in [0.29, 0.717) is 5.02 Å². The van der Waals surface area contributed by atoms with Crippen molar-refractivity contribution >= 4 is 11.6 Å². The van der Waals surface area contributed by atoms with Crippen molar-refractivity contribution in [3.8, 4) is 0 Å². The van der Waals surface area contributed by atoms with Crippen molar-refractivity contribution in [3.05, 3.63) is 16.9 Å². The molecule has 3 N–H and O–H groups in total. The fourth-order valence-corrected chi connectivity index (χ4v) is 2.06. The van der Waals surface area contributed by atoms with E-state index in [1.165, 1.54) is 0 Å². The van der Waals surface area contributed by atoms with Crippen LogP contribution in [0, 0.1) is 0 Å². The van der Waals surface area contributed by atoms with Gasteiger partial charge in [0.05, 0.1) is 29.1 Å². The molecular formula is C11H21ClN4O. The molecule has 2 unspecified atom stereocenters. The Hall–Kier alpha value is -0.620. The number of nitrogens with zero attached hydrogens (tertiary/aromatic N) is 2. The van der Waals surface area contributed by atoms with Crippen LogP contribution in [0.4, 0.5) is 0 Å². The number of hydrogen-bond donors (Lipinski definition) is 2. The Morgan fingerprint density at radius 3 is 2.82 bits per heavy atom. The van der Waals surface area contributed by atoms with Crippen LogP contribution in [0.5, 0.6) is 0 Å². The van der Waals surface area contributed by atoms with Crippen LogP contribution in [0.3, 0.4) is 0 Å². The molecule has 0 spiro atoms. The second-order valence-electron chi connectivity index (χ2n) is 4.04. The van der Waals surface area contributed by atoms with Gasteiger partial charge in [-0.25, -0.2) is 0 Å². The van der Waals surface area contributed by atoms with Crippen molar-refractivity contribution in [2.75, 3.05) is 7.11 Å². The van der Waals surface area contributed by atoms with E-state index in [9.17, 15) is 0 Å². The van der Waals surface area contributed by atoms with E-state index in [-0.39, 0.29) is 12.1 Å². The number of aromatic nitrogens is 2. The lowest BCUT2D eigenvalue weighted by Gasteiger charge is -2.19. The van der Waals surface area contributed by atoms with Gasteiger partial charge in [-0.15, -0.1) is 0 Å². The first-order chi connectivity index (χ1) is 8.13. The molecule has 6 heteroatoms. The van der Waals surface area contributed by atoms with Gasteiger partial charge in [0.25, 0.3) is 0 Å². The summed E-state index contributed by atoms with van der Waals surface area (Å²) in [6.07, 6.45) is 3.64. The number of nitrogens with one attached hydrogen (secondary N) is 1. The summed E-state index contributed by atoms with van der Waals surface area (Å²) >= 11 is 6.14. The summed E-state index contributed by atoms with van der Waals surface area (Å²) in [5.74, 6) is 5.59. The average molecular weight is 261 g/mol. The number of halogens is 1. The van der Waals surface area contributed by atoms with Gasteiger partial charge < -0.3 is 4.74 Å². The molecule has 5 nitrogen and oxygen atoms in total.